The van der Waals surface area contributed by atoms with E-state index >= 15 is 0 Å². The van der Waals surface area contributed by atoms with Crippen LogP contribution in [0.5, 0.6) is 6.01 Å². The highest BCUT2D eigenvalue weighted by Crippen LogP contribution is 2.10. The maximum absolute atomic E-state index is 5.32. The first kappa shape index (κ1) is 15.4. The Labute approximate surface area is 112 Å². The summed E-state index contributed by atoms with van der Waals surface area (Å²) in [4.78, 5) is 12.4. The van der Waals surface area contributed by atoms with Gasteiger partial charge in [-0.2, -0.15) is 15.0 Å². The number of methoxy groups -OCH3 is 2. The Hall–Kier alpha value is -1.67. The molecule has 0 bridgehead atoms. The largest absolute Gasteiger partial charge is 0.467 e. The second-order valence-electron chi connectivity index (χ2n) is 3.53. The molecule has 2 N–H and O–H groups in total. The molecule has 0 atom stereocenters. The molecule has 8 heteroatoms. The maximum Gasteiger partial charge on any atom is 0.322 e. The smallest absolute Gasteiger partial charge is 0.322 e. The highest BCUT2D eigenvalue weighted by Gasteiger charge is 2.05. The number of nitrogens with one attached hydrogen (secondary N) is 2. The molecule has 108 valence electrons. The third kappa shape index (κ3) is 6.16. The lowest BCUT2D eigenvalue weighted by Gasteiger charge is -2.08. The van der Waals surface area contributed by atoms with E-state index in [1.807, 2.05) is 6.92 Å². The van der Waals surface area contributed by atoms with Gasteiger partial charge in [0.2, 0.25) is 11.9 Å². The lowest BCUT2D eigenvalue weighted by atomic mass is 10.6. The van der Waals surface area contributed by atoms with Gasteiger partial charge in [-0.3, -0.25) is 0 Å². The first-order valence-corrected chi connectivity index (χ1v) is 6.14. The Balaban J connectivity index is 2.41. The summed E-state index contributed by atoms with van der Waals surface area (Å²) in [5.41, 5.74) is 0. The minimum atomic E-state index is 0.272. The molecule has 0 aliphatic heterocycles. The Morgan fingerprint density at radius 1 is 0.947 bits per heavy atom. The van der Waals surface area contributed by atoms with Crippen molar-refractivity contribution < 1.29 is 14.2 Å². The molecule has 8 nitrogen and oxygen atoms in total. The standard InChI is InChI=1S/C11H21N5O3/c1-4-12-9-14-10(16-11(15-9)18-3)13-5-6-19-8-7-17-2/h4-8H2,1-3H3,(H2,12,13,14,15,16). The maximum atomic E-state index is 5.32. The predicted octanol–water partition coefficient (Wildman–Crippen LogP) is 0.387. The van der Waals surface area contributed by atoms with E-state index in [1.54, 1.807) is 7.11 Å². The molecule has 0 spiro atoms. The van der Waals surface area contributed by atoms with Crippen LogP contribution in [0.25, 0.3) is 0 Å². The SMILES string of the molecule is CCNc1nc(NCCOCCOC)nc(OC)n1. The molecule has 1 aromatic rings. The van der Waals surface area contributed by atoms with Crippen molar-refractivity contribution in [3.63, 3.8) is 0 Å². The van der Waals surface area contributed by atoms with Gasteiger partial charge in [-0.15, -0.1) is 0 Å². The van der Waals surface area contributed by atoms with Crippen molar-refractivity contribution in [1.29, 1.82) is 0 Å². The molecule has 0 fully saturated rings. The summed E-state index contributed by atoms with van der Waals surface area (Å²) in [7, 11) is 3.16. The van der Waals surface area contributed by atoms with Gasteiger partial charge in [-0.1, -0.05) is 0 Å². The van der Waals surface area contributed by atoms with Crippen molar-refractivity contribution in [2.45, 2.75) is 6.92 Å². The van der Waals surface area contributed by atoms with Gasteiger partial charge in [-0.05, 0) is 6.92 Å². The number of nitrogens with zero attached hydrogens (tertiary/aromatic N) is 3. The highest BCUT2D eigenvalue weighted by molar-refractivity contribution is 5.35. The zero-order valence-electron chi connectivity index (χ0n) is 11.6. The highest BCUT2D eigenvalue weighted by atomic mass is 16.5. The van der Waals surface area contributed by atoms with E-state index in [1.165, 1.54) is 7.11 Å². The van der Waals surface area contributed by atoms with E-state index in [0.29, 0.717) is 38.3 Å². The zero-order valence-corrected chi connectivity index (χ0v) is 11.6. The number of aromatic nitrogens is 3. The fourth-order valence-corrected chi connectivity index (χ4v) is 1.24. The molecule has 1 heterocycles. The molecule has 0 radical (unpaired) electrons. The van der Waals surface area contributed by atoms with Crippen LogP contribution in [0, 0.1) is 0 Å². The summed E-state index contributed by atoms with van der Waals surface area (Å²) in [6, 6.07) is 0.272. The van der Waals surface area contributed by atoms with Crippen LogP contribution in [0.1, 0.15) is 6.92 Å². The van der Waals surface area contributed by atoms with Gasteiger partial charge in [0.25, 0.3) is 0 Å². The second-order valence-corrected chi connectivity index (χ2v) is 3.53. The Morgan fingerprint density at radius 3 is 2.32 bits per heavy atom. The molecular formula is C11H21N5O3. The summed E-state index contributed by atoms with van der Waals surface area (Å²) in [6.07, 6.45) is 0. The number of rotatable bonds is 10. The average Bonchev–Trinajstić information content (AvgIpc) is 2.43. The van der Waals surface area contributed by atoms with Crippen molar-refractivity contribution in [2.75, 3.05) is 57.8 Å². The van der Waals surface area contributed by atoms with Crippen LogP contribution >= 0.6 is 0 Å². The fraction of sp³-hybridized carbons (Fsp3) is 0.727. The molecule has 0 saturated heterocycles. The summed E-state index contributed by atoms with van der Waals surface area (Å²) in [5.74, 6) is 0.940. The van der Waals surface area contributed by atoms with Gasteiger partial charge in [0.15, 0.2) is 0 Å². The number of ether oxygens (including phenoxy) is 3. The van der Waals surface area contributed by atoms with E-state index in [4.69, 9.17) is 14.2 Å². The third-order valence-corrected chi connectivity index (χ3v) is 2.09. The van der Waals surface area contributed by atoms with Crippen molar-refractivity contribution in [3.8, 4) is 6.01 Å². The second kappa shape index (κ2) is 9.29. The van der Waals surface area contributed by atoms with Crippen molar-refractivity contribution in [1.82, 2.24) is 15.0 Å². The molecular weight excluding hydrogens is 250 g/mol. The first-order chi connectivity index (χ1) is 9.30. The van der Waals surface area contributed by atoms with Gasteiger partial charge < -0.3 is 24.8 Å². The minimum Gasteiger partial charge on any atom is -0.467 e. The molecule has 0 amide bonds. The van der Waals surface area contributed by atoms with Crippen molar-refractivity contribution >= 4 is 11.9 Å². The van der Waals surface area contributed by atoms with Gasteiger partial charge in [0, 0.05) is 20.2 Å². The third-order valence-electron chi connectivity index (χ3n) is 2.09. The van der Waals surface area contributed by atoms with E-state index in [2.05, 4.69) is 25.6 Å². The lowest BCUT2D eigenvalue weighted by molar-refractivity contribution is 0.0758. The average molecular weight is 271 g/mol. The van der Waals surface area contributed by atoms with E-state index in [9.17, 15) is 0 Å². The van der Waals surface area contributed by atoms with Crippen LogP contribution in [0.3, 0.4) is 0 Å². The van der Waals surface area contributed by atoms with Crippen LogP contribution < -0.4 is 15.4 Å². The molecule has 0 aliphatic rings. The van der Waals surface area contributed by atoms with E-state index in [-0.39, 0.29) is 6.01 Å². The molecule has 0 aromatic carbocycles. The van der Waals surface area contributed by atoms with Crippen LogP contribution in [-0.2, 0) is 9.47 Å². The Bertz CT molecular complexity index is 364. The quantitative estimate of drug-likeness (QED) is 0.590. The van der Waals surface area contributed by atoms with Crippen molar-refractivity contribution in [2.24, 2.45) is 0 Å². The van der Waals surface area contributed by atoms with Gasteiger partial charge >= 0.3 is 6.01 Å². The minimum absolute atomic E-state index is 0.272. The van der Waals surface area contributed by atoms with Crippen LogP contribution in [-0.4, -0.2) is 62.1 Å². The molecule has 1 rings (SSSR count). The van der Waals surface area contributed by atoms with Gasteiger partial charge in [0.05, 0.1) is 26.9 Å². The molecule has 0 unspecified atom stereocenters. The summed E-state index contributed by atoms with van der Waals surface area (Å²) < 4.78 is 15.2. The molecule has 0 saturated carbocycles. The molecule has 19 heavy (non-hydrogen) atoms. The van der Waals surface area contributed by atoms with Gasteiger partial charge in [0.1, 0.15) is 0 Å². The van der Waals surface area contributed by atoms with Crippen molar-refractivity contribution in [3.05, 3.63) is 0 Å². The topological polar surface area (TPSA) is 90.4 Å². The molecule has 1 aromatic heterocycles. The summed E-state index contributed by atoms with van der Waals surface area (Å²) in [5, 5.41) is 6.06. The fourth-order valence-electron chi connectivity index (χ4n) is 1.24. The number of hydrogen-bond acceptors (Lipinski definition) is 8. The lowest BCUT2D eigenvalue weighted by Crippen LogP contribution is -2.15. The van der Waals surface area contributed by atoms with Gasteiger partial charge in [-0.25, -0.2) is 0 Å². The predicted molar refractivity (Wildman–Crippen MR) is 71.7 cm³/mol. The van der Waals surface area contributed by atoms with Crippen LogP contribution in [0.2, 0.25) is 0 Å². The number of anilines is 2. The zero-order chi connectivity index (χ0) is 13.9. The van der Waals surface area contributed by atoms with Crippen LogP contribution in [0.4, 0.5) is 11.9 Å². The summed E-state index contributed by atoms with van der Waals surface area (Å²) >= 11 is 0. The number of hydrogen-bond donors (Lipinski definition) is 2. The van der Waals surface area contributed by atoms with E-state index in [0.717, 1.165) is 6.54 Å². The monoisotopic (exact) mass is 271 g/mol. The normalized spacial score (nSPS) is 10.3. The van der Waals surface area contributed by atoms with Crippen LogP contribution in [0.15, 0.2) is 0 Å². The molecule has 0 aliphatic carbocycles. The summed E-state index contributed by atoms with van der Waals surface area (Å²) in [6.45, 7) is 5.00. The van der Waals surface area contributed by atoms with E-state index < -0.39 is 0 Å². The first-order valence-electron chi connectivity index (χ1n) is 6.14. The Morgan fingerprint density at radius 2 is 1.68 bits per heavy atom. The Kier molecular flexibility index (Phi) is 7.52.